The Hall–Kier alpha value is -3.55. The highest BCUT2D eigenvalue weighted by atomic mass is 19.1. The SMILES string of the molecule is Cc1[nH]nc(C(=O)Nc2cnc3cc(-c4ccc(F)cc4)nn3c2)c1C. The molecule has 1 aromatic carbocycles. The van der Waals surface area contributed by atoms with Crippen molar-refractivity contribution < 1.29 is 9.18 Å². The maximum absolute atomic E-state index is 13.1. The Morgan fingerprint density at radius 3 is 2.69 bits per heavy atom. The van der Waals surface area contributed by atoms with Crippen molar-refractivity contribution in [3.8, 4) is 11.3 Å². The van der Waals surface area contributed by atoms with Gasteiger partial charge in [0.05, 0.1) is 23.8 Å². The van der Waals surface area contributed by atoms with Crippen LogP contribution in [0.3, 0.4) is 0 Å². The molecule has 0 atom stereocenters. The Bertz CT molecular complexity index is 1110. The number of carbonyl (C=O) groups is 1. The molecule has 7 nitrogen and oxygen atoms in total. The lowest BCUT2D eigenvalue weighted by atomic mass is 10.1. The highest BCUT2D eigenvalue weighted by molar-refractivity contribution is 6.03. The Balaban J connectivity index is 1.62. The Kier molecular flexibility index (Phi) is 3.72. The summed E-state index contributed by atoms with van der Waals surface area (Å²) in [5.41, 5.74) is 4.55. The number of H-pyrrole nitrogens is 1. The summed E-state index contributed by atoms with van der Waals surface area (Å²) >= 11 is 0. The van der Waals surface area contributed by atoms with Gasteiger partial charge in [-0.2, -0.15) is 10.2 Å². The van der Waals surface area contributed by atoms with Crippen LogP contribution in [0.5, 0.6) is 0 Å². The number of aryl methyl sites for hydroxylation is 1. The summed E-state index contributed by atoms with van der Waals surface area (Å²) in [6, 6.07) is 7.87. The van der Waals surface area contributed by atoms with Crippen LogP contribution in [0.4, 0.5) is 10.1 Å². The van der Waals surface area contributed by atoms with Gasteiger partial charge in [0, 0.05) is 22.9 Å². The van der Waals surface area contributed by atoms with Crippen LogP contribution in [0, 0.1) is 19.7 Å². The van der Waals surface area contributed by atoms with Crippen molar-refractivity contribution >= 4 is 17.2 Å². The van der Waals surface area contributed by atoms with E-state index in [4.69, 9.17) is 0 Å². The molecular weight excluding hydrogens is 335 g/mol. The predicted octanol–water partition coefficient (Wildman–Crippen LogP) is 3.13. The summed E-state index contributed by atoms with van der Waals surface area (Å²) in [6.45, 7) is 3.69. The van der Waals surface area contributed by atoms with E-state index in [-0.39, 0.29) is 11.7 Å². The number of hydrogen-bond acceptors (Lipinski definition) is 4. The van der Waals surface area contributed by atoms with E-state index in [0.717, 1.165) is 16.8 Å². The van der Waals surface area contributed by atoms with E-state index in [1.807, 2.05) is 13.8 Å². The third-order valence-corrected chi connectivity index (χ3v) is 4.18. The second-order valence-electron chi connectivity index (χ2n) is 5.96. The summed E-state index contributed by atoms with van der Waals surface area (Å²) < 4.78 is 14.6. The molecule has 2 N–H and O–H groups in total. The second-order valence-corrected chi connectivity index (χ2v) is 5.96. The minimum atomic E-state index is -0.320. The fourth-order valence-electron chi connectivity index (χ4n) is 2.60. The van der Waals surface area contributed by atoms with Crippen molar-refractivity contribution in [2.45, 2.75) is 13.8 Å². The van der Waals surface area contributed by atoms with E-state index in [2.05, 4.69) is 25.6 Å². The molecule has 3 heterocycles. The molecule has 0 radical (unpaired) electrons. The molecule has 0 fully saturated rings. The Morgan fingerprint density at radius 1 is 1.23 bits per heavy atom. The van der Waals surface area contributed by atoms with Crippen molar-refractivity contribution in [3.05, 3.63) is 65.5 Å². The van der Waals surface area contributed by atoms with Crippen LogP contribution in [-0.2, 0) is 0 Å². The maximum Gasteiger partial charge on any atom is 0.276 e. The lowest BCUT2D eigenvalue weighted by Gasteiger charge is -2.04. The van der Waals surface area contributed by atoms with Gasteiger partial charge >= 0.3 is 0 Å². The second kappa shape index (κ2) is 6.07. The summed E-state index contributed by atoms with van der Waals surface area (Å²) in [5, 5.41) is 14.0. The smallest absolute Gasteiger partial charge is 0.276 e. The number of benzene rings is 1. The molecule has 8 heteroatoms. The Morgan fingerprint density at radius 2 is 2.00 bits per heavy atom. The zero-order valence-electron chi connectivity index (χ0n) is 14.1. The number of carbonyl (C=O) groups excluding carboxylic acids is 1. The van der Waals surface area contributed by atoms with E-state index in [1.165, 1.54) is 12.1 Å². The summed E-state index contributed by atoms with van der Waals surface area (Å²) in [5.74, 6) is -0.622. The van der Waals surface area contributed by atoms with Gasteiger partial charge in [0.25, 0.3) is 5.91 Å². The zero-order valence-corrected chi connectivity index (χ0v) is 14.1. The standard InChI is InChI=1S/C18H15FN6O/c1-10-11(2)22-23-17(10)18(26)21-14-8-20-16-7-15(24-25(16)9-14)12-3-5-13(19)6-4-12/h3-9H,1-2H3,(H,21,26)(H,22,23). The largest absolute Gasteiger partial charge is 0.318 e. The number of halogens is 1. The zero-order chi connectivity index (χ0) is 18.3. The van der Waals surface area contributed by atoms with E-state index in [1.54, 1.807) is 35.1 Å². The number of amides is 1. The van der Waals surface area contributed by atoms with E-state index in [9.17, 15) is 9.18 Å². The van der Waals surface area contributed by atoms with Gasteiger partial charge in [-0.15, -0.1) is 0 Å². The molecule has 3 aromatic heterocycles. The number of hydrogen-bond donors (Lipinski definition) is 2. The van der Waals surface area contributed by atoms with Gasteiger partial charge in [-0.05, 0) is 38.1 Å². The summed E-state index contributed by atoms with van der Waals surface area (Å²) in [6.07, 6.45) is 3.22. The molecule has 0 spiro atoms. The van der Waals surface area contributed by atoms with Gasteiger partial charge in [0.15, 0.2) is 11.3 Å². The summed E-state index contributed by atoms with van der Waals surface area (Å²) in [4.78, 5) is 16.7. The highest BCUT2D eigenvalue weighted by Crippen LogP contribution is 2.20. The van der Waals surface area contributed by atoms with Crippen LogP contribution in [0.25, 0.3) is 16.9 Å². The molecule has 0 aliphatic rings. The average Bonchev–Trinajstić information content (AvgIpc) is 3.19. The van der Waals surface area contributed by atoms with Crippen LogP contribution in [-0.4, -0.2) is 30.7 Å². The maximum atomic E-state index is 13.1. The van der Waals surface area contributed by atoms with Gasteiger partial charge in [-0.3, -0.25) is 9.89 Å². The van der Waals surface area contributed by atoms with Gasteiger partial charge in [-0.25, -0.2) is 13.9 Å². The number of aromatic amines is 1. The highest BCUT2D eigenvalue weighted by Gasteiger charge is 2.15. The van der Waals surface area contributed by atoms with Crippen LogP contribution in [0.1, 0.15) is 21.7 Å². The molecule has 26 heavy (non-hydrogen) atoms. The van der Waals surface area contributed by atoms with Crippen molar-refractivity contribution in [3.63, 3.8) is 0 Å². The average molecular weight is 350 g/mol. The quantitative estimate of drug-likeness (QED) is 0.594. The van der Waals surface area contributed by atoms with E-state index < -0.39 is 0 Å². The summed E-state index contributed by atoms with van der Waals surface area (Å²) in [7, 11) is 0. The monoisotopic (exact) mass is 350 g/mol. The lowest BCUT2D eigenvalue weighted by molar-refractivity contribution is 0.102. The molecular formula is C18H15FN6O. The van der Waals surface area contributed by atoms with E-state index in [0.29, 0.717) is 22.7 Å². The first-order valence-electron chi connectivity index (χ1n) is 7.95. The molecule has 0 unspecified atom stereocenters. The normalized spacial score (nSPS) is 11.0. The molecule has 130 valence electrons. The number of aromatic nitrogens is 5. The van der Waals surface area contributed by atoms with Crippen LogP contribution < -0.4 is 5.32 Å². The minimum Gasteiger partial charge on any atom is -0.318 e. The number of rotatable bonds is 3. The molecule has 4 aromatic rings. The lowest BCUT2D eigenvalue weighted by Crippen LogP contribution is -2.14. The van der Waals surface area contributed by atoms with Gasteiger partial charge in [0.2, 0.25) is 0 Å². The van der Waals surface area contributed by atoms with Crippen molar-refractivity contribution in [1.82, 2.24) is 24.8 Å². The topological polar surface area (TPSA) is 88.0 Å². The van der Waals surface area contributed by atoms with Gasteiger partial charge in [0.1, 0.15) is 5.82 Å². The van der Waals surface area contributed by atoms with Gasteiger partial charge < -0.3 is 5.32 Å². The molecule has 0 bridgehead atoms. The van der Waals surface area contributed by atoms with Crippen LogP contribution in [0.2, 0.25) is 0 Å². The molecule has 0 saturated heterocycles. The molecule has 0 aliphatic carbocycles. The first-order valence-corrected chi connectivity index (χ1v) is 7.95. The Labute approximate surface area is 147 Å². The van der Waals surface area contributed by atoms with Crippen LogP contribution in [0.15, 0.2) is 42.7 Å². The first-order chi connectivity index (χ1) is 12.5. The third-order valence-electron chi connectivity index (χ3n) is 4.18. The fourth-order valence-corrected chi connectivity index (χ4v) is 2.60. The van der Waals surface area contributed by atoms with Crippen molar-refractivity contribution in [2.75, 3.05) is 5.32 Å². The number of anilines is 1. The molecule has 4 rings (SSSR count). The van der Waals surface area contributed by atoms with Crippen molar-refractivity contribution in [1.29, 1.82) is 0 Å². The third kappa shape index (κ3) is 2.81. The minimum absolute atomic E-state index is 0.301. The molecule has 1 amide bonds. The van der Waals surface area contributed by atoms with E-state index >= 15 is 0 Å². The number of fused-ring (bicyclic) bond motifs is 1. The van der Waals surface area contributed by atoms with Crippen LogP contribution >= 0.6 is 0 Å². The fraction of sp³-hybridized carbons (Fsp3) is 0.111. The first kappa shape index (κ1) is 15.9. The number of nitrogens with zero attached hydrogens (tertiary/aromatic N) is 4. The predicted molar refractivity (Wildman–Crippen MR) is 94.4 cm³/mol. The molecule has 0 aliphatic heterocycles. The van der Waals surface area contributed by atoms with Crippen molar-refractivity contribution in [2.24, 2.45) is 0 Å². The van der Waals surface area contributed by atoms with Gasteiger partial charge in [-0.1, -0.05) is 0 Å². The number of nitrogens with one attached hydrogen (secondary N) is 2. The molecule has 0 saturated carbocycles.